The van der Waals surface area contributed by atoms with E-state index in [-0.39, 0.29) is 25.2 Å². The highest BCUT2D eigenvalue weighted by Crippen LogP contribution is 2.27. The number of methoxy groups -OCH3 is 1. The molecule has 22 heavy (non-hydrogen) atoms. The van der Waals surface area contributed by atoms with Gasteiger partial charge in [-0.3, -0.25) is 9.59 Å². The summed E-state index contributed by atoms with van der Waals surface area (Å²) < 4.78 is 15.1. The molecule has 1 aromatic carbocycles. The molecule has 0 aromatic heterocycles. The Morgan fingerprint density at radius 3 is 2.55 bits per heavy atom. The summed E-state index contributed by atoms with van der Waals surface area (Å²) in [5.74, 6) is -0.427. The zero-order valence-electron chi connectivity index (χ0n) is 12.8. The van der Waals surface area contributed by atoms with Gasteiger partial charge in [0.15, 0.2) is 24.7 Å². The number of carbonyl (C=O) groups is 3. The Morgan fingerprint density at radius 2 is 1.95 bits per heavy atom. The maximum atomic E-state index is 11.5. The number of rotatable bonds is 8. The molecule has 0 aliphatic rings. The van der Waals surface area contributed by atoms with Crippen molar-refractivity contribution in [1.29, 1.82) is 0 Å². The summed E-state index contributed by atoms with van der Waals surface area (Å²) in [4.78, 5) is 33.5. The van der Waals surface area contributed by atoms with Gasteiger partial charge in [0.2, 0.25) is 0 Å². The fourth-order valence-electron chi connectivity index (χ4n) is 1.56. The van der Waals surface area contributed by atoms with Crippen LogP contribution in [0.25, 0.3) is 0 Å². The van der Waals surface area contributed by atoms with Crippen molar-refractivity contribution < 1.29 is 28.6 Å². The Morgan fingerprint density at radius 1 is 1.23 bits per heavy atom. The molecule has 0 unspecified atom stereocenters. The summed E-state index contributed by atoms with van der Waals surface area (Å²) >= 11 is 0. The van der Waals surface area contributed by atoms with Crippen molar-refractivity contribution in [3.05, 3.63) is 23.8 Å². The maximum absolute atomic E-state index is 11.5. The van der Waals surface area contributed by atoms with Gasteiger partial charge in [0, 0.05) is 11.6 Å². The van der Waals surface area contributed by atoms with Crippen LogP contribution in [0.15, 0.2) is 18.2 Å². The van der Waals surface area contributed by atoms with Crippen LogP contribution in [0.3, 0.4) is 0 Å². The quantitative estimate of drug-likeness (QED) is 0.568. The van der Waals surface area contributed by atoms with E-state index in [1.807, 2.05) is 0 Å². The minimum atomic E-state index is -0.680. The Bertz CT molecular complexity index is 541. The maximum Gasteiger partial charge on any atom is 0.344 e. The lowest BCUT2D eigenvalue weighted by atomic mass is 10.2. The van der Waals surface area contributed by atoms with E-state index in [1.54, 1.807) is 13.8 Å². The van der Waals surface area contributed by atoms with Gasteiger partial charge >= 0.3 is 5.97 Å². The second kappa shape index (κ2) is 8.66. The lowest BCUT2D eigenvalue weighted by molar-refractivity contribution is -0.150. The van der Waals surface area contributed by atoms with Crippen molar-refractivity contribution in [3.8, 4) is 11.5 Å². The van der Waals surface area contributed by atoms with Gasteiger partial charge in [-0.2, -0.15) is 0 Å². The standard InChI is InChI=1S/C15H19NO6/c1-10(2)16-14(18)8-22-15(19)9-21-12-5-4-11(7-17)6-13(12)20-3/h4-7,10H,8-9H2,1-3H3,(H,16,18). The molecule has 0 atom stereocenters. The van der Waals surface area contributed by atoms with E-state index in [9.17, 15) is 14.4 Å². The molecule has 0 bridgehead atoms. The monoisotopic (exact) mass is 309 g/mol. The number of ether oxygens (including phenoxy) is 3. The highest BCUT2D eigenvalue weighted by molar-refractivity contribution is 5.81. The van der Waals surface area contributed by atoms with Crippen molar-refractivity contribution >= 4 is 18.2 Å². The number of amides is 1. The van der Waals surface area contributed by atoms with Crippen molar-refractivity contribution in [1.82, 2.24) is 5.32 Å². The van der Waals surface area contributed by atoms with Crippen LogP contribution in [0.4, 0.5) is 0 Å². The van der Waals surface area contributed by atoms with Gasteiger partial charge in [-0.15, -0.1) is 0 Å². The van der Waals surface area contributed by atoms with Gasteiger partial charge < -0.3 is 19.5 Å². The third-order valence-electron chi connectivity index (χ3n) is 2.48. The molecule has 7 heteroatoms. The predicted octanol–water partition coefficient (Wildman–Crippen LogP) is 0.954. The Labute approximate surface area is 128 Å². The molecular formula is C15H19NO6. The molecule has 0 spiro atoms. The minimum absolute atomic E-state index is 0.0250. The second-order valence-electron chi connectivity index (χ2n) is 4.70. The van der Waals surface area contributed by atoms with Crippen LogP contribution >= 0.6 is 0 Å². The number of nitrogens with one attached hydrogen (secondary N) is 1. The van der Waals surface area contributed by atoms with Gasteiger partial charge in [0.1, 0.15) is 6.29 Å². The smallest absolute Gasteiger partial charge is 0.344 e. The molecule has 0 heterocycles. The molecule has 0 aliphatic carbocycles. The van der Waals surface area contributed by atoms with E-state index in [0.29, 0.717) is 23.3 Å². The minimum Gasteiger partial charge on any atom is -0.493 e. The van der Waals surface area contributed by atoms with E-state index in [0.717, 1.165) is 0 Å². The van der Waals surface area contributed by atoms with Gasteiger partial charge in [-0.1, -0.05) is 0 Å². The lowest BCUT2D eigenvalue weighted by Crippen LogP contribution is -2.34. The van der Waals surface area contributed by atoms with Crippen molar-refractivity contribution in [2.45, 2.75) is 19.9 Å². The van der Waals surface area contributed by atoms with Crippen LogP contribution < -0.4 is 14.8 Å². The topological polar surface area (TPSA) is 90.9 Å². The molecule has 0 fully saturated rings. The molecule has 1 amide bonds. The molecular weight excluding hydrogens is 290 g/mol. The molecule has 0 aliphatic heterocycles. The largest absolute Gasteiger partial charge is 0.493 e. The first-order chi connectivity index (χ1) is 10.5. The third kappa shape index (κ3) is 5.82. The highest BCUT2D eigenvalue weighted by atomic mass is 16.6. The fourth-order valence-corrected chi connectivity index (χ4v) is 1.56. The number of esters is 1. The second-order valence-corrected chi connectivity index (χ2v) is 4.70. The van der Waals surface area contributed by atoms with Crippen LogP contribution in [0.5, 0.6) is 11.5 Å². The summed E-state index contributed by atoms with van der Waals surface area (Å²) in [5, 5.41) is 2.59. The number of aldehydes is 1. The summed E-state index contributed by atoms with van der Waals surface area (Å²) in [6.07, 6.45) is 0.675. The van der Waals surface area contributed by atoms with Crippen LogP contribution in [-0.2, 0) is 14.3 Å². The molecule has 0 radical (unpaired) electrons. The lowest BCUT2D eigenvalue weighted by Gasteiger charge is -2.11. The molecule has 1 rings (SSSR count). The first-order valence-electron chi connectivity index (χ1n) is 6.67. The Hall–Kier alpha value is -2.57. The molecule has 0 saturated carbocycles. The van der Waals surface area contributed by atoms with Crippen molar-refractivity contribution in [3.63, 3.8) is 0 Å². The van der Waals surface area contributed by atoms with E-state index >= 15 is 0 Å². The van der Waals surface area contributed by atoms with Crippen LogP contribution in [0, 0.1) is 0 Å². The Balaban J connectivity index is 2.47. The summed E-state index contributed by atoms with van der Waals surface area (Å²) in [6.45, 7) is 2.88. The van der Waals surface area contributed by atoms with E-state index in [2.05, 4.69) is 5.32 Å². The number of hydrogen-bond donors (Lipinski definition) is 1. The first kappa shape index (κ1) is 17.5. The van der Waals surface area contributed by atoms with Crippen LogP contribution in [0.1, 0.15) is 24.2 Å². The normalized spacial score (nSPS) is 10.0. The van der Waals surface area contributed by atoms with Gasteiger partial charge in [0.25, 0.3) is 5.91 Å². The zero-order chi connectivity index (χ0) is 16.5. The van der Waals surface area contributed by atoms with Gasteiger partial charge in [0.05, 0.1) is 7.11 Å². The number of benzene rings is 1. The molecule has 7 nitrogen and oxygen atoms in total. The molecule has 120 valence electrons. The summed E-state index contributed by atoms with van der Waals surface area (Å²) in [7, 11) is 1.42. The van der Waals surface area contributed by atoms with Crippen molar-refractivity contribution in [2.75, 3.05) is 20.3 Å². The third-order valence-corrected chi connectivity index (χ3v) is 2.48. The summed E-state index contributed by atoms with van der Waals surface area (Å²) in [6, 6.07) is 4.51. The van der Waals surface area contributed by atoms with E-state index in [1.165, 1.54) is 25.3 Å². The first-order valence-corrected chi connectivity index (χ1v) is 6.67. The van der Waals surface area contributed by atoms with Crippen LogP contribution in [-0.4, -0.2) is 44.5 Å². The fraction of sp³-hybridized carbons (Fsp3) is 0.400. The van der Waals surface area contributed by atoms with E-state index < -0.39 is 5.97 Å². The molecule has 1 aromatic rings. The SMILES string of the molecule is COc1cc(C=O)ccc1OCC(=O)OCC(=O)NC(C)C. The molecule has 0 saturated heterocycles. The Kier molecular flexibility index (Phi) is 6.88. The molecule has 1 N–H and O–H groups in total. The van der Waals surface area contributed by atoms with Gasteiger partial charge in [-0.25, -0.2) is 4.79 Å². The average Bonchev–Trinajstić information content (AvgIpc) is 2.50. The zero-order valence-corrected chi connectivity index (χ0v) is 12.8. The number of carbonyl (C=O) groups excluding carboxylic acids is 3. The van der Waals surface area contributed by atoms with Crippen molar-refractivity contribution in [2.24, 2.45) is 0 Å². The van der Waals surface area contributed by atoms with Gasteiger partial charge in [-0.05, 0) is 32.0 Å². The predicted molar refractivity (Wildman–Crippen MR) is 78.1 cm³/mol. The average molecular weight is 309 g/mol. The number of hydrogen-bond acceptors (Lipinski definition) is 6. The van der Waals surface area contributed by atoms with E-state index in [4.69, 9.17) is 14.2 Å². The summed E-state index contributed by atoms with van der Waals surface area (Å²) in [5.41, 5.74) is 0.428. The highest BCUT2D eigenvalue weighted by Gasteiger charge is 2.11. The van der Waals surface area contributed by atoms with Crippen LogP contribution in [0.2, 0.25) is 0 Å².